The van der Waals surface area contributed by atoms with Crippen LogP contribution in [0.3, 0.4) is 0 Å². The quantitative estimate of drug-likeness (QED) is 0.105. The maximum Gasteiger partial charge on any atom is 0.365 e. The lowest BCUT2D eigenvalue weighted by atomic mass is 9.89. The van der Waals surface area contributed by atoms with Crippen molar-refractivity contribution in [3.63, 3.8) is 0 Å². The minimum Gasteiger partial charge on any atom is -0.494 e. The summed E-state index contributed by atoms with van der Waals surface area (Å²) in [6.45, 7) is 4.61. The number of piperazine rings is 1. The predicted molar refractivity (Wildman–Crippen MR) is 276 cm³/mol. The first kappa shape index (κ1) is 48.6. The first-order valence-electron chi connectivity index (χ1n) is 23.4. The zero-order valence-electron chi connectivity index (χ0n) is 40.3. The van der Waals surface area contributed by atoms with Crippen molar-refractivity contribution in [1.82, 2.24) is 54.6 Å². The topological polar surface area (TPSA) is 232 Å². The molecule has 3 saturated heterocycles. The van der Waals surface area contributed by atoms with Crippen molar-refractivity contribution in [2.24, 2.45) is 14.1 Å². The van der Waals surface area contributed by atoms with Gasteiger partial charge in [0.2, 0.25) is 17.8 Å². The van der Waals surface area contributed by atoms with E-state index in [1.165, 1.54) is 30.9 Å². The number of halogens is 1. The number of hydrogen-bond acceptors (Lipinski definition) is 17. The maximum atomic E-state index is 13.9. The SMILES string of the molecule is COc1cc(N2CCN(C(=O)CN3CCC(c4ccc5c(N6CCC(=O)NC6=O)nn(C)c5c4)CC3)CC2)c(-c2cnn(C)c2)cc1Nc1ncc(Br)c(Nc2ccc3nccnc3c2P(=O)(OC)OC)n1. The molecule has 0 unspecified atom stereocenters. The average molecular weight is 1060 g/mol. The molecule has 374 valence electrons. The molecule has 0 aliphatic carbocycles. The van der Waals surface area contributed by atoms with Crippen LogP contribution < -0.4 is 35.8 Å². The molecular formula is C48H53BrN15O7P. The largest absolute Gasteiger partial charge is 0.494 e. The van der Waals surface area contributed by atoms with Crippen LogP contribution in [0.5, 0.6) is 5.75 Å². The molecule has 0 spiro atoms. The molecule has 3 aliphatic heterocycles. The summed E-state index contributed by atoms with van der Waals surface area (Å²) >= 11 is 3.57. The Labute approximate surface area is 422 Å². The first-order valence-corrected chi connectivity index (χ1v) is 25.7. The number of ether oxygens (including phenoxy) is 1. The van der Waals surface area contributed by atoms with E-state index in [1.807, 2.05) is 49.6 Å². The van der Waals surface area contributed by atoms with Gasteiger partial charge in [0.15, 0.2) is 5.82 Å². The molecule has 72 heavy (non-hydrogen) atoms. The lowest BCUT2D eigenvalue weighted by Crippen LogP contribution is -2.52. The Morgan fingerprint density at radius 2 is 1.67 bits per heavy atom. The third kappa shape index (κ3) is 9.57. The molecule has 0 radical (unpaired) electrons. The number of piperidine rings is 1. The van der Waals surface area contributed by atoms with E-state index in [-0.39, 0.29) is 29.5 Å². The smallest absolute Gasteiger partial charge is 0.365 e. The van der Waals surface area contributed by atoms with Gasteiger partial charge < -0.3 is 34.2 Å². The average Bonchev–Trinajstić information content (AvgIpc) is 3.98. The molecule has 0 saturated carbocycles. The predicted octanol–water partition coefficient (Wildman–Crippen LogP) is 6.05. The van der Waals surface area contributed by atoms with Crippen LogP contribution in [0.25, 0.3) is 33.1 Å². The Morgan fingerprint density at radius 1 is 0.889 bits per heavy atom. The van der Waals surface area contributed by atoms with Crippen LogP contribution in [0.4, 0.5) is 39.4 Å². The molecule has 3 N–H and O–H groups in total. The van der Waals surface area contributed by atoms with Crippen molar-refractivity contribution in [3.8, 4) is 16.9 Å². The van der Waals surface area contributed by atoms with Crippen molar-refractivity contribution in [2.45, 2.75) is 25.2 Å². The Hall–Kier alpha value is -7.04. The lowest BCUT2D eigenvalue weighted by molar-refractivity contribution is -0.133. The van der Waals surface area contributed by atoms with Gasteiger partial charge in [0.25, 0.3) is 0 Å². The second kappa shape index (κ2) is 20.2. The second-order valence-electron chi connectivity index (χ2n) is 17.8. The van der Waals surface area contributed by atoms with E-state index < -0.39 is 13.6 Å². The number of aromatic nitrogens is 8. The Kier molecular flexibility index (Phi) is 13.6. The van der Waals surface area contributed by atoms with Crippen LogP contribution in [0.2, 0.25) is 0 Å². The van der Waals surface area contributed by atoms with Crippen molar-refractivity contribution in [2.75, 3.05) is 94.1 Å². The number of likely N-dealkylation sites (tertiary alicyclic amines) is 1. The highest BCUT2D eigenvalue weighted by molar-refractivity contribution is 9.10. The molecule has 0 atom stereocenters. The van der Waals surface area contributed by atoms with Gasteiger partial charge in [-0.1, -0.05) is 6.07 Å². The Balaban J connectivity index is 0.805. The number of carbonyl (C=O) groups is 3. The summed E-state index contributed by atoms with van der Waals surface area (Å²) in [5.41, 5.74) is 6.72. The number of methoxy groups -OCH3 is 1. The molecule has 7 aromatic rings. The number of rotatable bonds is 14. The number of imide groups is 1. The number of nitrogens with one attached hydrogen (secondary N) is 3. The molecule has 3 aliphatic rings. The van der Waals surface area contributed by atoms with E-state index in [4.69, 9.17) is 18.8 Å². The van der Waals surface area contributed by atoms with Crippen molar-refractivity contribution < 1.29 is 32.7 Å². The van der Waals surface area contributed by atoms with Crippen LogP contribution in [0.15, 0.2) is 77.9 Å². The number of aryl methyl sites for hydroxylation is 2. The zero-order chi connectivity index (χ0) is 50.3. The van der Waals surface area contributed by atoms with E-state index >= 15 is 0 Å². The second-order valence-corrected chi connectivity index (χ2v) is 20.8. The summed E-state index contributed by atoms with van der Waals surface area (Å²) in [4.78, 5) is 64.3. The maximum absolute atomic E-state index is 13.9. The van der Waals surface area contributed by atoms with Crippen LogP contribution >= 0.6 is 23.5 Å². The molecule has 4 aromatic heterocycles. The van der Waals surface area contributed by atoms with Gasteiger partial charge in [-0.05, 0) is 83.7 Å². The molecule has 24 heteroatoms. The summed E-state index contributed by atoms with van der Waals surface area (Å²) in [7, 11) is 4.14. The highest BCUT2D eigenvalue weighted by Gasteiger charge is 2.34. The van der Waals surface area contributed by atoms with Crippen molar-refractivity contribution in [1.29, 1.82) is 0 Å². The van der Waals surface area contributed by atoms with Gasteiger partial charge in [-0.25, -0.2) is 9.78 Å². The molecular weight excluding hydrogens is 1010 g/mol. The van der Waals surface area contributed by atoms with Crippen LogP contribution in [-0.2, 0) is 37.3 Å². The van der Waals surface area contributed by atoms with Crippen molar-refractivity contribution in [3.05, 3.63) is 83.5 Å². The number of fused-ring (bicyclic) bond motifs is 2. The normalized spacial score (nSPS) is 16.2. The number of anilines is 6. The Morgan fingerprint density at radius 3 is 2.39 bits per heavy atom. The van der Waals surface area contributed by atoms with Crippen molar-refractivity contribution >= 4 is 103 Å². The summed E-state index contributed by atoms with van der Waals surface area (Å²) < 4.78 is 34.8. The number of nitrogens with zero attached hydrogens (tertiary/aromatic N) is 12. The van der Waals surface area contributed by atoms with Gasteiger partial charge in [-0.15, -0.1) is 0 Å². The van der Waals surface area contributed by atoms with E-state index in [0.717, 1.165) is 53.6 Å². The molecule has 10 rings (SSSR count). The van der Waals surface area contributed by atoms with E-state index in [9.17, 15) is 18.9 Å². The molecule has 3 fully saturated rings. The molecule has 3 aromatic carbocycles. The molecule has 4 amide bonds. The number of amides is 4. The minimum atomic E-state index is -3.84. The summed E-state index contributed by atoms with van der Waals surface area (Å²) in [5, 5.41) is 19.2. The van der Waals surface area contributed by atoms with Gasteiger partial charge in [-0.3, -0.25) is 48.6 Å². The number of carbonyl (C=O) groups excluding carboxylic acids is 3. The standard InChI is InChI=1S/C48H53BrN15O7P/c1-59-27-31(25-53-59)33-23-37(55-47-52-26-34(49)45(57-47)54-36-9-8-35-43(51-14-13-50-35)44(36)72(68,70-4)71-5)40(69-3)24-39(33)62-18-20-63(21-19-62)42(66)28-61-15-10-29(11-16-61)30-6-7-32-38(22-30)60(2)58-46(32)64-17-12-41(65)56-48(64)67/h6-9,13-14,22-27,29H,10-12,15-21,28H2,1-5H3,(H,56,65,67)(H2,52,54,55,57). The highest BCUT2D eigenvalue weighted by atomic mass is 79.9. The van der Waals surface area contributed by atoms with E-state index in [0.29, 0.717) is 89.5 Å². The summed E-state index contributed by atoms with van der Waals surface area (Å²) in [6.07, 6.45) is 10.5. The number of hydrogen-bond donors (Lipinski definition) is 3. The fourth-order valence-electron chi connectivity index (χ4n) is 9.70. The van der Waals surface area contributed by atoms with Gasteiger partial charge in [0.1, 0.15) is 22.4 Å². The third-order valence-electron chi connectivity index (χ3n) is 13.5. The van der Waals surface area contributed by atoms with Gasteiger partial charge >= 0.3 is 13.6 Å². The monoisotopic (exact) mass is 1060 g/mol. The Bertz CT molecular complexity index is 3270. The van der Waals surface area contributed by atoms with E-state index in [2.05, 4.69) is 79.0 Å². The lowest BCUT2D eigenvalue weighted by Gasteiger charge is -2.39. The van der Waals surface area contributed by atoms with Crippen LogP contribution in [0, 0.1) is 0 Å². The minimum absolute atomic E-state index is 0.116. The summed E-state index contributed by atoms with van der Waals surface area (Å²) in [6, 6.07) is 13.3. The number of urea groups is 1. The van der Waals surface area contributed by atoms with Gasteiger partial charge in [0, 0.05) is 121 Å². The summed E-state index contributed by atoms with van der Waals surface area (Å²) in [5.74, 6) is 1.87. The fourth-order valence-corrected chi connectivity index (χ4v) is 11.4. The third-order valence-corrected chi connectivity index (χ3v) is 16.0. The number of benzene rings is 3. The van der Waals surface area contributed by atoms with Gasteiger partial charge in [0.05, 0.1) is 46.7 Å². The highest BCUT2D eigenvalue weighted by Crippen LogP contribution is 2.49. The zero-order valence-corrected chi connectivity index (χ0v) is 42.8. The molecule has 0 bridgehead atoms. The molecule has 22 nitrogen and oxygen atoms in total. The van der Waals surface area contributed by atoms with Gasteiger partial charge in [-0.2, -0.15) is 15.2 Å². The molecule has 7 heterocycles. The van der Waals surface area contributed by atoms with Crippen LogP contribution in [-0.4, -0.2) is 141 Å². The van der Waals surface area contributed by atoms with E-state index in [1.54, 1.807) is 41.0 Å². The van der Waals surface area contributed by atoms with Crippen LogP contribution in [0.1, 0.15) is 30.7 Å². The fraction of sp³-hybridized carbons (Fsp3) is 0.354. The first-order chi connectivity index (χ1) is 34.8.